The molecule has 0 bridgehead atoms. The molecule has 1 fully saturated rings. The van der Waals surface area contributed by atoms with Gasteiger partial charge in [-0.1, -0.05) is 50.3 Å². The summed E-state index contributed by atoms with van der Waals surface area (Å²) in [5.74, 6) is 0.218. The largest absolute Gasteiger partial charge is 0.342 e. The standard InChI is InChI=1S/C16H30N2O2S/c1-14(19)21-15-12-16(20)18(13-15)11-9-7-5-3-2-4-6-8-10-17/h15H,2-13,17H2,1H3. The average Bonchev–Trinajstić information content (AvgIpc) is 2.76. The molecule has 0 saturated carbocycles. The molecule has 4 nitrogen and oxygen atoms in total. The van der Waals surface area contributed by atoms with E-state index in [1.807, 2.05) is 4.90 Å². The number of unbranched alkanes of at least 4 members (excludes halogenated alkanes) is 7. The fraction of sp³-hybridized carbons (Fsp3) is 0.875. The molecule has 0 aromatic carbocycles. The van der Waals surface area contributed by atoms with Gasteiger partial charge in [-0.25, -0.2) is 0 Å². The minimum atomic E-state index is 0.115. The SMILES string of the molecule is CC(=O)SC1CC(=O)N(CCCCCCCCCCN)C1. The molecule has 0 spiro atoms. The molecule has 122 valence electrons. The number of nitrogens with two attached hydrogens (primary N) is 1. The van der Waals surface area contributed by atoms with E-state index in [0.29, 0.717) is 6.42 Å². The molecule has 1 unspecified atom stereocenters. The second-order valence-electron chi connectivity index (χ2n) is 5.89. The molecule has 1 aliphatic rings. The van der Waals surface area contributed by atoms with E-state index in [9.17, 15) is 9.59 Å². The molecule has 1 rings (SSSR count). The Bertz CT molecular complexity index is 323. The van der Waals surface area contributed by atoms with Crippen molar-refractivity contribution in [1.82, 2.24) is 4.90 Å². The molecule has 1 saturated heterocycles. The van der Waals surface area contributed by atoms with Gasteiger partial charge in [0, 0.05) is 31.7 Å². The van der Waals surface area contributed by atoms with E-state index in [1.165, 1.54) is 50.3 Å². The van der Waals surface area contributed by atoms with Crippen LogP contribution in [0.15, 0.2) is 0 Å². The molecule has 5 heteroatoms. The Morgan fingerprint density at radius 1 is 1.14 bits per heavy atom. The van der Waals surface area contributed by atoms with Gasteiger partial charge in [-0.3, -0.25) is 9.59 Å². The van der Waals surface area contributed by atoms with Crippen LogP contribution >= 0.6 is 11.8 Å². The Hall–Kier alpha value is -0.550. The number of carbonyl (C=O) groups excluding carboxylic acids is 2. The van der Waals surface area contributed by atoms with Crippen LogP contribution in [0.25, 0.3) is 0 Å². The summed E-state index contributed by atoms with van der Waals surface area (Å²) in [7, 11) is 0. The van der Waals surface area contributed by atoms with E-state index in [2.05, 4.69) is 0 Å². The van der Waals surface area contributed by atoms with Gasteiger partial charge in [0.15, 0.2) is 5.12 Å². The van der Waals surface area contributed by atoms with Crippen LogP contribution in [0.5, 0.6) is 0 Å². The molecule has 0 aromatic heterocycles. The van der Waals surface area contributed by atoms with E-state index in [4.69, 9.17) is 5.73 Å². The summed E-state index contributed by atoms with van der Waals surface area (Å²) < 4.78 is 0. The highest BCUT2D eigenvalue weighted by atomic mass is 32.2. The summed E-state index contributed by atoms with van der Waals surface area (Å²) in [6.07, 6.45) is 10.4. The quantitative estimate of drug-likeness (QED) is 0.596. The van der Waals surface area contributed by atoms with Gasteiger partial charge in [-0.2, -0.15) is 0 Å². The first-order valence-electron chi connectivity index (χ1n) is 8.28. The second-order valence-corrected chi connectivity index (χ2v) is 7.37. The van der Waals surface area contributed by atoms with Crippen LogP contribution in [0.2, 0.25) is 0 Å². The fourth-order valence-corrected chi connectivity index (χ4v) is 3.72. The molecule has 1 atom stereocenters. The Morgan fingerprint density at radius 3 is 2.29 bits per heavy atom. The normalized spacial score (nSPS) is 18.5. The van der Waals surface area contributed by atoms with Gasteiger partial charge in [0.05, 0.1) is 0 Å². The maximum Gasteiger partial charge on any atom is 0.223 e. The lowest BCUT2D eigenvalue weighted by Gasteiger charge is -2.16. The van der Waals surface area contributed by atoms with Crippen molar-refractivity contribution >= 4 is 22.8 Å². The van der Waals surface area contributed by atoms with Gasteiger partial charge in [0.1, 0.15) is 0 Å². The molecular weight excluding hydrogens is 284 g/mol. The first-order valence-corrected chi connectivity index (χ1v) is 9.16. The van der Waals surface area contributed by atoms with Crippen LogP contribution in [0.1, 0.15) is 64.7 Å². The highest BCUT2D eigenvalue weighted by molar-refractivity contribution is 8.14. The number of hydrogen-bond donors (Lipinski definition) is 1. The van der Waals surface area contributed by atoms with Gasteiger partial charge >= 0.3 is 0 Å². The predicted molar refractivity (Wildman–Crippen MR) is 89.2 cm³/mol. The van der Waals surface area contributed by atoms with Crippen molar-refractivity contribution in [3.8, 4) is 0 Å². The summed E-state index contributed by atoms with van der Waals surface area (Å²) in [5.41, 5.74) is 5.46. The monoisotopic (exact) mass is 314 g/mol. The zero-order valence-corrected chi connectivity index (χ0v) is 14.1. The number of likely N-dealkylation sites (tertiary alicyclic amines) is 1. The Balaban J connectivity index is 1.98. The van der Waals surface area contributed by atoms with Crippen LogP contribution in [0, 0.1) is 0 Å². The van der Waals surface area contributed by atoms with Crippen molar-refractivity contribution in [1.29, 1.82) is 0 Å². The average molecular weight is 314 g/mol. The summed E-state index contributed by atoms with van der Waals surface area (Å²) in [5, 5.41) is 0.293. The zero-order valence-electron chi connectivity index (χ0n) is 13.3. The van der Waals surface area contributed by atoms with Crippen molar-refractivity contribution in [2.24, 2.45) is 5.73 Å². The molecule has 2 N–H and O–H groups in total. The highest BCUT2D eigenvalue weighted by Crippen LogP contribution is 2.24. The summed E-state index contributed by atoms with van der Waals surface area (Å²) in [4.78, 5) is 24.8. The number of hydrogen-bond acceptors (Lipinski definition) is 4. The summed E-state index contributed by atoms with van der Waals surface area (Å²) >= 11 is 1.32. The smallest absolute Gasteiger partial charge is 0.223 e. The number of thioether (sulfide) groups is 1. The van der Waals surface area contributed by atoms with Crippen LogP contribution in [0.3, 0.4) is 0 Å². The van der Waals surface area contributed by atoms with Crippen molar-refractivity contribution in [3.05, 3.63) is 0 Å². The Labute approximate surface area is 133 Å². The molecule has 0 aliphatic carbocycles. The molecule has 1 heterocycles. The van der Waals surface area contributed by atoms with E-state index >= 15 is 0 Å². The number of rotatable bonds is 11. The highest BCUT2D eigenvalue weighted by Gasteiger charge is 2.30. The maximum atomic E-state index is 11.8. The Morgan fingerprint density at radius 2 is 1.71 bits per heavy atom. The minimum absolute atomic E-state index is 0.115. The lowest BCUT2D eigenvalue weighted by atomic mass is 10.1. The van der Waals surface area contributed by atoms with E-state index < -0.39 is 0 Å². The molecule has 1 aliphatic heterocycles. The second kappa shape index (κ2) is 11.1. The van der Waals surface area contributed by atoms with Crippen molar-refractivity contribution in [2.45, 2.75) is 70.0 Å². The van der Waals surface area contributed by atoms with Crippen LogP contribution in [-0.2, 0) is 9.59 Å². The van der Waals surface area contributed by atoms with Crippen LogP contribution < -0.4 is 5.73 Å². The van der Waals surface area contributed by atoms with Crippen LogP contribution in [-0.4, -0.2) is 40.8 Å². The summed E-state index contributed by atoms with van der Waals surface area (Å²) in [6, 6.07) is 0. The number of amides is 1. The van der Waals surface area contributed by atoms with E-state index in [0.717, 1.165) is 32.5 Å². The first-order chi connectivity index (χ1) is 10.1. The Kier molecular flexibility index (Phi) is 9.76. The van der Waals surface area contributed by atoms with Crippen molar-refractivity contribution in [2.75, 3.05) is 19.6 Å². The van der Waals surface area contributed by atoms with E-state index in [1.54, 1.807) is 6.92 Å². The molecule has 0 aromatic rings. The topological polar surface area (TPSA) is 63.4 Å². The van der Waals surface area contributed by atoms with Gasteiger partial charge in [-0.15, -0.1) is 0 Å². The van der Waals surface area contributed by atoms with Crippen LogP contribution in [0.4, 0.5) is 0 Å². The number of carbonyl (C=O) groups is 2. The van der Waals surface area contributed by atoms with Crippen molar-refractivity contribution in [3.63, 3.8) is 0 Å². The van der Waals surface area contributed by atoms with Gasteiger partial charge in [0.25, 0.3) is 0 Å². The van der Waals surface area contributed by atoms with E-state index in [-0.39, 0.29) is 16.3 Å². The third-order valence-corrected chi connectivity index (χ3v) is 4.87. The molecule has 0 radical (unpaired) electrons. The lowest BCUT2D eigenvalue weighted by molar-refractivity contribution is -0.127. The van der Waals surface area contributed by atoms with Crippen molar-refractivity contribution < 1.29 is 9.59 Å². The first kappa shape index (κ1) is 18.5. The fourth-order valence-electron chi connectivity index (χ4n) is 2.77. The van der Waals surface area contributed by atoms with Gasteiger partial charge < -0.3 is 10.6 Å². The van der Waals surface area contributed by atoms with Gasteiger partial charge in [0.2, 0.25) is 5.91 Å². The third-order valence-electron chi connectivity index (χ3n) is 3.89. The lowest BCUT2D eigenvalue weighted by Crippen LogP contribution is -2.26. The number of nitrogens with zero attached hydrogens (tertiary/aromatic N) is 1. The molecular formula is C16H30N2O2S. The molecule has 21 heavy (non-hydrogen) atoms. The summed E-state index contributed by atoms with van der Waals surface area (Å²) in [6.45, 7) is 4.00. The zero-order chi connectivity index (χ0) is 15.5. The minimum Gasteiger partial charge on any atom is -0.342 e. The van der Waals surface area contributed by atoms with Gasteiger partial charge in [-0.05, 0) is 19.4 Å². The maximum absolute atomic E-state index is 11.8. The predicted octanol–water partition coefficient (Wildman–Crippen LogP) is 2.95. The third kappa shape index (κ3) is 8.47. The molecule has 1 amide bonds.